The quantitative estimate of drug-likeness (QED) is 0.410. The fourth-order valence-corrected chi connectivity index (χ4v) is 6.34. The van der Waals surface area contributed by atoms with E-state index in [1.807, 2.05) is 17.0 Å². The Morgan fingerprint density at radius 3 is 2.32 bits per heavy atom. The molecule has 1 aliphatic carbocycles. The summed E-state index contributed by atoms with van der Waals surface area (Å²) in [4.78, 5) is 28.9. The van der Waals surface area contributed by atoms with E-state index in [-0.39, 0.29) is 35.7 Å². The number of nitrogens with zero attached hydrogens (tertiary/aromatic N) is 1. The summed E-state index contributed by atoms with van der Waals surface area (Å²) < 4.78 is 0. The maximum absolute atomic E-state index is 13.8. The molecule has 6 heteroatoms. The highest BCUT2D eigenvalue weighted by Crippen LogP contribution is 2.32. The van der Waals surface area contributed by atoms with E-state index in [0.29, 0.717) is 38.5 Å². The monoisotopic (exact) mass is 518 g/mol. The summed E-state index contributed by atoms with van der Waals surface area (Å²) >= 11 is 0. The lowest BCUT2D eigenvalue weighted by molar-refractivity contribution is -0.133. The lowest BCUT2D eigenvalue weighted by atomic mass is 9.77. The van der Waals surface area contributed by atoms with E-state index in [1.165, 1.54) is 17.5 Å². The van der Waals surface area contributed by atoms with Gasteiger partial charge in [-0.1, -0.05) is 86.8 Å². The minimum atomic E-state index is -0.284. The predicted octanol–water partition coefficient (Wildman–Crippen LogP) is 4.45. The van der Waals surface area contributed by atoms with Crippen molar-refractivity contribution in [2.24, 2.45) is 17.6 Å². The van der Waals surface area contributed by atoms with Gasteiger partial charge in [0.15, 0.2) is 0 Å². The van der Waals surface area contributed by atoms with Crippen molar-refractivity contribution in [1.29, 1.82) is 0 Å². The molecule has 2 aromatic rings. The standard InChI is InChI=1S/C32H46N4O2/c1-2-24-12-9-10-17-28(24)31(37)34-22-27-19-21-36(32(38)30(35-27)18-11-20-33)23-29(25-13-5-3-6-14-25)26-15-7-4-8-16-26/h3-8,13-16,24,27-30,35H,2,9-12,17-23,33H2,1H3,(H,34,37)/t24?,27-,28?,30-/m0/s1. The average molecular weight is 519 g/mol. The van der Waals surface area contributed by atoms with Crippen LogP contribution in [-0.4, -0.2) is 55.0 Å². The zero-order valence-electron chi connectivity index (χ0n) is 23.0. The molecule has 0 bridgehead atoms. The van der Waals surface area contributed by atoms with E-state index >= 15 is 0 Å². The number of carbonyl (C=O) groups is 2. The van der Waals surface area contributed by atoms with Gasteiger partial charge in [0.25, 0.3) is 0 Å². The van der Waals surface area contributed by atoms with Gasteiger partial charge in [0.05, 0.1) is 6.04 Å². The van der Waals surface area contributed by atoms with Crippen LogP contribution in [0.25, 0.3) is 0 Å². The first-order valence-corrected chi connectivity index (χ1v) is 14.7. The van der Waals surface area contributed by atoms with Crippen LogP contribution >= 0.6 is 0 Å². The van der Waals surface area contributed by atoms with E-state index in [9.17, 15) is 9.59 Å². The predicted molar refractivity (Wildman–Crippen MR) is 154 cm³/mol. The SMILES string of the molecule is CCC1CCCCC1C(=O)NC[C@@H]1CCN(CC(c2ccccc2)c2ccccc2)C(=O)[C@H](CCCN)N1. The molecule has 2 amide bonds. The van der Waals surface area contributed by atoms with Gasteiger partial charge in [0, 0.05) is 37.5 Å². The van der Waals surface area contributed by atoms with Crippen LogP contribution in [0, 0.1) is 11.8 Å². The number of amides is 2. The summed E-state index contributed by atoms with van der Waals surface area (Å²) in [5, 5.41) is 6.86. The maximum Gasteiger partial charge on any atom is 0.239 e. The van der Waals surface area contributed by atoms with Crippen LogP contribution in [0.5, 0.6) is 0 Å². The molecule has 6 nitrogen and oxygen atoms in total. The van der Waals surface area contributed by atoms with Crippen molar-refractivity contribution in [2.45, 2.75) is 76.3 Å². The molecular formula is C32H46N4O2. The Labute approximate surface area is 228 Å². The molecule has 4 rings (SSSR count). The first-order chi connectivity index (χ1) is 18.6. The van der Waals surface area contributed by atoms with Crippen LogP contribution in [0.15, 0.2) is 60.7 Å². The Morgan fingerprint density at radius 2 is 1.68 bits per heavy atom. The third kappa shape index (κ3) is 7.45. The van der Waals surface area contributed by atoms with Crippen LogP contribution < -0.4 is 16.4 Å². The van der Waals surface area contributed by atoms with Crippen molar-refractivity contribution < 1.29 is 9.59 Å². The van der Waals surface area contributed by atoms with Crippen LogP contribution in [0.4, 0.5) is 0 Å². The summed E-state index contributed by atoms with van der Waals surface area (Å²) in [6.07, 6.45) is 7.90. The van der Waals surface area contributed by atoms with Crippen LogP contribution in [0.1, 0.15) is 75.3 Å². The lowest BCUT2D eigenvalue weighted by Gasteiger charge is -2.30. The molecule has 2 aromatic carbocycles. The van der Waals surface area contributed by atoms with Crippen molar-refractivity contribution in [3.63, 3.8) is 0 Å². The fraction of sp³-hybridized carbons (Fsp3) is 0.562. The largest absolute Gasteiger partial charge is 0.354 e. The lowest BCUT2D eigenvalue weighted by Crippen LogP contribution is -2.50. The smallest absolute Gasteiger partial charge is 0.239 e. The normalized spacial score (nSPS) is 24.3. The highest BCUT2D eigenvalue weighted by atomic mass is 16.2. The Balaban J connectivity index is 1.46. The number of nitrogens with one attached hydrogen (secondary N) is 2. The Bertz CT molecular complexity index is 960. The van der Waals surface area contributed by atoms with Crippen molar-refractivity contribution in [3.05, 3.63) is 71.8 Å². The second-order valence-electron chi connectivity index (χ2n) is 11.1. The Hall–Kier alpha value is -2.70. The molecule has 0 spiro atoms. The van der Waals surface area contributed by atoms with E-state index in [4.69, 9.17) is 5.73 Å². The van der Waals surface area contributed by atoms with Gasteiger partial charge in [0.2, 0.25) is 11.8 Å². The number of rotatable bonds is 11. The molecule has 1 saturated carbocycles. The Kier molecular flexibility index (Phi) is 10.8. The molecule has 4 atom stereocenters. The molecule has 206 valence electrons. The molecule has 2 aliphatic rings. The van der Waals surface area contributed by atoms with Gasteiger partial charge in [-0.15, -0.1) is 0 Å². The zero-order valence-corrected chi connectivity index (χ0v) is 23.0. The summed E-state index contributed by atoms with van der Waals surface area (Å²) in [5.41, 5.74) is 8.25. The summed E-state index contributed by atoms with van der Waals surface area (Å²) in [6.45, 7) is 4.62. The van der Waals surface area contributed by atoms with E-state index in [2.05, 4.69) is 66.1 Å². The topological polar surface area (TPSA) is 87.5 Å². The van der Waals surface area contributed by atoms with Crippen LogP contribution in [0.3, 0.4) is 0 Å². The molecule has 1 heterocycles. The van der Waals surface area contributed by atoms with Gasteiger partial charge in [-0.2, -0.15) is 0 Å². The van der Waals surface area contributed by atoms with Crippen LogP contribution in [-0.2, 0) is 9.59 Å². The molecule has 2 unspecified atom stereocenters. The third-order valence-corrected chi connectivity index (χ3v) is 8.59. The van der Waals surface area contributed by atoms with Crippen molar-refractivity contribution in [2.75, 3.05) is 26.2 Å². The van der Waals surface area contributed by atoms with Crippen LogP contribution in [0.2, 0.25) is 0 Å². The molecule has 1 aliphatic heterocycles. The zero-order chi connectivity index (χ0) is 26.7. The highest BCUT2D eigenvalue weighted by Gasteiger charge is 2.34. The first kappa shape index (κ1) is 28.3. The van der Waals surface area contributed by atoms with E-state index in [1.54, 1.807) is 0 Å². The molecular weight excluding hydrogens is 472 g/mol. The van der Waals surface area contributed by atoms with Gasteiger partial charge >= 0.3 is 0 Å². The number of hydrogen-bond donors (Lipinski definition) is 3. The number of benzene rings is 2. The summed E-state index contributed by atoms with van der Waals surface area (Å²) in [5.74, 6) is 1.06. The van der Waals surface area contributed by atoms with Crippen molar-refractivity contribution in [1.82, 2.24) is 15.5 Å². The minimum Gasteiger partial charge on any atom is -0.354 e. The highest BCUT2D eigenvalue weighted by molar-refractivity contribution is 5.82. The number of carbonyl (C=O) groups excluding carboxylic acids is 2. The first-order valence-electron chi connectivity index (χ1n) is 14.7. The second kappa shape index (κ2) is 14.5. The maximum atomic E-state index is 13.8. The van der Waals surface area contributed by atoms with E-state index < -0.39 is 0 Å². The Morgan fingerprint density at radius 1 is 1.03 bits per heavy atom. The van der Waals surface area contributed by atoms with E-state index in [0.717, 1.165) is 38.5 Å². The molecule has 38 heavy (non-hydrogen) atoms. The molecule has 1 saturated heterocycles. The summed E-state index contributed by atoms with van der Waals surface area (Å²) in [7, 11) is 0. The number of nitrogens with two attached hydrogens (primary N) is 1. The van der Waals surface area contributed by atoms with Crippen molar-refractivity contribution >= 4 is 11.8 Å². The second-order valence-corrected chi connectivity index (χ2v) is 11.1. The fourth-order valence-electron chi connectivity index (χ4n) is 6.34. The van der Waals surface area contributed by atoms with Gasteiger partial charge in [-0.25, -0.2) is 0 Å². The van der Waals surface area contributed by atoms with Crippen molar-refractivity contribution in [3.8, 4) is 0 Å². The van der Waals surface area contributed by atoms with Gasteiger partial charge < -0.3 is 21.3 Å². The molecule has 4 N–H and O–H groups in total. The third-order valence-electron chi connectivity index (χ3n) is 8.59. The molecule has 0 aromatic heterocycles. The minimum absolute atomic E-state index is 0.0613. The van der Waals surface area contributed by atoms with Gasteiger partial charge in [0.1, 0.15) is 0 Å². The molecule has 2 fully saturated rings. The van der Waals surface area contributed by atoms with Gasteiger partial charge in [-0.05, 0) is 55.7 Å². The average Bonchev–Trinajstić information content (AvgIpc) is 3.12. The number of hydrogen-bond acceptors (Lipinski definition) is 4. The summed E-state index contributed by atoms with van der Waals surface area (Å²) in [6, 6.07) is 20.7. The molecule has 0 radical (unpaired) electrons. The van der Waals surface area contributed by atoms with Gasteiger partial charge in [-0.3, -0.25) is 9.59 Å².